The van der Waals surface area contributed by atoms with E-state index in [-0.39, 0.29) is 18.8 Å². The zero-order chi connectivity index (χ0) is 16.8. The van der Waals surface area contributed by atoms with E-state index in [9.17, 15) is 5.11 Å². The number of nitrogens with zero attached hydrogens (tertiary/aromatic N) is 3. The van der Waals surface area contributed by atoms with Crippen LogP contribution in [0.1, 0.15) is 19.8 Å². The van der Waals surface area contributed by atoms with Crippen molar-refractivity contribution in [2.45, 2.75) is 31.9 Å². The fourth-order valence-corrected chi connectivity index (χ4v) is 2.54. The molecular formula is C17H23N5O2. The number of nitrogens with one attached hydrogen (secondary N) is 2. The fraction of sp³-hybridized carbons (Fsp3) is 0.471. The summed E-state index contributed by atoms with van der Waals surface area (Å²) in [5.41, 5.74) is 1.51. The van der Waals surface area contributed by atoms with E-state index >= 15 is 0 Å². The van der Waals surface area contributed by atoms with E-state index in [2.05, 4.69) is 25.6 Å². The van der Waals surface area contributed by atoms with Crippen molar-refractivity contribution in [2.24, 2.45) is 0 Å². The second-order valence-corrected chi connectivity index (χ2v) is 5.92. The van der Waals surface area contributed by atoms with Gasteiger partial charge in [-0.2, -0.15) is 4.98 Å². The molecule has 2 atom stereocenters. The summed E-state index contributed by atoms with van der Waals surface area (Å²) in [5.74, 6) is 1.18. The van der Waals surface area contributed by atoms with Gasteiger partial charge in [-0.1, -0.05) is 6.07 Å². The molecule has 1 aliphatic rings. The maximum Gasteiger partial charge on any atom is 0.225 e. The number of aliphatic hydroxyl groups excluding tert-OH is 1. The van der Waals surface area contributed by atoms with Crippen LogP contribution in [0.3, 0.4) is 0 Å². The van der Waals surface area contributed by atoms with Crippen molar-refractivity contribution in [3.8, 4) is 11.4 Å². The van der Waals surface area contributed by atoms with Gasteiger partial charge in [0.05, 0.1) is 24.1 Å². The first kappa shape index (κ1) is 16.6. The van der Waals surface area contributed by atoms with Crippen LogP contribution in [0.25, 0.3) is 11.4 Å². The largest absolute Gasteiger partial charge is 0.394 e. The van der Waals surface area contributed by atoms with Crippen molar-refractivity contribution in [2.75, 3.05) is 30.4 Å². The molecule has 3 rings (SSSR count). The Morgan fingerprint density at radius 3 is 2.96 bits per heavy atom. The summed E-state index contributed by atoms with van der Waals surface area (Å²) in [7, 11) is 0. The van der Waals surface area contributed by atoms with Crippen molar-refractivity contribution in [1.82, 2.24) is 15.0 Å². The lowest BCUT2D eigenvalue weighted by Gasteiger charge is -2.15. The van der Waals surface area contributed by atoms with Gasteiger partial charge in [0, 0.05) is 31.5 Å². The summed E-state index contributed by atoms with van der Waals surface area (Å²) < 4.78 is 5.63. The second-order valence-electron chi connectivity index (χ2n) is 5.92. The summed E-state index contributed by atoms with van der Waals surface area (Å²) in [5, 5.41) is 15.7. The van der Waals surface area contributed by atoms with Gasteiger partial charge in [-0.25, -0.2) is 4.98 Å². The number of aromatic nitrogens is 3. The third-order valence-electron chi connectivity index (χ3n) is 3.84. The van der Waals surface area contributed by atoms with E-state index < -0.39 is 0 Å². The monoisotopic (exact) mass is 329 g/mol. The maximum absolute atomic E-state index is 9.24. The summed E-state index contributed by atoms with van der Waals surface area (Å²) in [6, 6.07) is 7.45. The SMILES string of the molecule is C[C@@H](CO)Nc1nc(NC[C@@H]2CCCO2)cc(-c2ccccn2)n1. The average molecular weight is 329 g/mol. The minimum atomic E-state index is -0.130. The first-order valence-corrected chi connectivity index (χ1v) is 8.28. The predicted molar refractivity (Wildman–Crippen MR) is 92.9 cm³/mol. The average Bonchev–Trinajstić information content (AvgIpc) is 3.14. The number of rotatable bonds is 7. The topological polar surface area (TPSA) is 92.2 Å². The molecule has 0 saturated carbocycles. The lowest BCUT2D eigenvalue weighted by Crippen LogP contribution is -2.22. The highest BCUT2D eigenvalue weighted by atomic mass is 16.5. The summed E-state index contributed by atoms with van der Waals surface area (Å²) in [6.07, 6.45) is 4.14. The number of anilines is 2. The highest BCUT2D eigenvalue weighted by molar-refractivity contribution is 5.61. The van der Waals surface area contributed by atoms with Gasteiger partial charge in [0.15, 0.2) is 0 Å². The van der Waals surface area contributed by atoms with Crippen LogP contribution < -0.4 is 10.6 Å². The highest BCUT2D eigenvalue weighted by Crippen LogP contribution is 2.20. The number of pyridine rings is 1. The summed E-state index contributed by atoms with van der Waals surface area (Å²) in [4.78, 5) is 13.3. The maximum atomic E-state index is 9.24. The molecule has 0 aliphatic carbocycles. The Morgan fingerprint density at radius 1 is 1.33 bits per heavy atom. The van der Waals surface area contributed by atoms with Crippen LogP contribution in [0.5, 0.6) is 0 Å². The lowest BCUT2D eigenvalue weighted by atomic mass is 10.2. The van der Waals surface area contributed by atoms with Gasteiger partial charge in [-0.3, -0.25) is 4.98 Å². The zero-order valence-corrected chi connectivity index (χ0v) is 13.8. The third-order valence-corrected chi connectivity index (χ3v) is 3.84. The normalized spacial score (nSPS) is 18.3. The molecule has 2 aromatic heterocycles. The van der Waals surface area contributed by atoms with Crippen molar-refractivity contribution < 1.29 is 9.84 Å². The van der Waals surface area contributed by atoms with Gasteiger partial charge in [-0.15, -0.1) is 0 Å². The van der Waals surface area contributed by atoms with E-state index in [1.54, 1.807) is 6.20 Å². The number of ether oxygens (including phenoxy) is 1. The minimum Gasteiger partial charge on any atom is -0.394 e. The molecule has 0 amide bonds. The smallest absolute Gasteiger partial charge is 0.225 e. The number of hydrogen-bond acceptors (Lipinski definition) is 7. The van der Waals surface area contributed by atoms with Crippen molar-refractivity contribution in [3.05, 3.63) is 30.5 Å². The Morgan fingerprint density at radius 2 is 2.25 bits per heavy atom. The molecule has 0 aromatic carbocycles. The van der Waals surface area contributed by atoms with Gasteiger partial charge in [0.25, 0.3) is 0 Å². The van der Waals surface area contributed by atoms with Gasteiger partial charge in [-0.05, 0) is 31.9 Å². The molecule has 1 saturated heterocycles. The Bertz CT molecular complexity index is 647. The molecule has 3 heterocycles. The summed E-state index contributed by atoms with van der Waals surface area (Å²) in [6.45, 7) is 3.43. The van der Waals surface area contributed by atoms with Crippen LogP contribution in [0, 0.1) is 0 Å². The van der Waals surface area contributed by atoms with Gasteiger partial charge in [0.1, 0.15) is 5.82 Å². The Labute approximate surface area is 141 Å². The quantitative estimate of drug-likeness (QED) is 0.714. The molecule has 1 fully saturated rings. The molecule has 0 bridgehead atoms. The van der Waals surface area contributed by atoms with Crippen LogP contribution in [-0.2, 0) is 4.74 Å². The van der Waals surface area contributed by atoms with Crippen LogP contribution in [0.4, 0.5) is 11.8 Å². The Balaban J connectivity index is 1.81. The van der Waals surface area contributed by atoms with Crippen molar-refractivity contribution in [3.63, 3.8) is 0 Å². The van der Waals surface area contributed by atoms with E-state index in [1.165, 1.54) is 0 Å². The first-order valence-electron chi connectivity index (χ1n) is 8.28. The van der Waals surface area contributed by atoms with Gasteiger partial charge in [0.2, 0.25) is 5.95 Å². The van der Waals surface area contributed by atoms with Crippen LogP contribution >= 0.6 is 0 Å². The molecule has 24 heavy (non-hydrogen) atoms. The lowest BCUT2D eigenvalue weighted by molar-refractivity contribution is 0.120. The molecule has 0 unspecified atom stereocenters. The van der Waals surface area contributed by atoms with Crippen molar-refractivity contribution >= 4 is 11.8 Å². The molecule has 3 N–H and O–H groups in total. The molecule has 128 valence electrons. The first-order chi connectivity index (χ1) is 11.7. The van der Waals surface area contributed by atoms with E-state index in [4.69, 9.17) is 4.74 Å². The van der Waals surface area contributed by atoms with E-state index in [1.807, 2.05) is 31.2 Å². The molecule has 2 aromatic rings. The fourth-order valence-electron chi connectivity index (χ4n) is 2.54. The molecule has 7 heteroatoms. The highest BCUT2D eigenvalue weighted by Gasteiger charge is 2.16. The standard InChI is InChI=1S/C17H23N5O2/c1-12(11-23)20-17-21-15(14-6-2-3-7-18-14)9-16(22-17)19-10-13-5-4-8-24-13/h2-3,6-7,9,12-13,23H,4-5,8,10-11H2,1H3,(H2,19,20,21,22)/t12-,13-/m0/s1. The Kier molecular flexibility index (Phi) is 5.55. The second kappa shape index (κ2) is 8.03. The molecule has 7 nitrogen and oxygen atoms in total. The Hall–Kier alpha value is -2.25. The minimum absolute atomic E-state index is 0.00977. The van der Waals surface area contributed by atoms with Gasteiger partial charge >= 0.3 is 0 Å². The predicted octanol–water partition coefficient (Wildman–Crippen LogP) is 1.92. The number of hydrogen-bond donors (Lipinski definition) is 3. The van der Waals surface area contributed by atoms with Crippen molar-refractivity contribution in [1.29, 1.82) is 0 Å². The molecule has 1 aliphatic heterocycles. The zero-order valence-electron chi connectivity index (χ0n) is 13.8. The van der Waals surface area contributed by atoms with E-state index in [0.717, 1.165) is 30.8 Å². The van der Waals surface area contributed by atoms with Crippen LogP contribution in [-0.4, -0.2) is 52.0 Å². The van der Waals surface area contributed by atoms with Crippen LogP contribution in [0.2, 0.25) is 0 Å². The number of aliphatic hydroxyl groups is 1. The van der Waals surface area contributed by atoms with Gasteiger partial charge < -0.3 is 20.5 Å². The van der Waals surface area contributed by atoms with Crippen LogP contribution in [0.15, 0.2) is 30.5 Å². The van der Waals surface area contributed by atoms with E-state index in [0.29, 0.717) is 18.3 Å². The third kappa shape index (κ3) is 4.39. The molecular weight excluding hydrogens is 306 g/mol. The molecule has 0 spiro atoms. The molecule has 0 radical (unpaired) electrons. The summed E-state index contributed by atoms with van der Waals surface area (Å²) >= 11 is 0.